The quantitative estimate of drug-likeness (QED) is 0.553. The Morgan fingerprint density at radius 1 is 1.03 bits per heavy atom. The van der Waals surface area contributed by atoms with E-state index in [1.165, 1.54) is 7.11 Å². The summed E-state index contributed by atoms with van der Waals surface area (Å²) in [5.41, 5.74) is 0.382. The number of benzene rings is 1. The van der Waals surface area contributed by atoms with E-state index in [4.69, 9.17) is 23.7 Å². The Kier molecular flexibility index (Phi) is 7.62. The predicted molar refractivity (Wildman–Crippen MR) is 129 cm³/mol. The van der Waals surface area contributed by atoms with Gasteiger partial charge in [-0.3, -0.25) is 9.59 Å². The Morgan fingerprint density at radius 3 is 2.37 bits per heavy atom. The number of carbonyl (C=O) groups is 2. The van der Waals surface area contributed by atoms with Crippen LogP contribution in [-0.2, 0) is 30.3 Å². The molecule has 2 heterocycles. The fraction of sp³-hybridized carbons (Fsp3) is 0.704. The first-order valence-corrected chi connectivity index (χ1v) is 12.7. The highest BCUT2D eigenvalue weighted by atomic mass is 16.7. The average molecular weight is 490 g/mol. The van der Waals surface area contributed by atoms with Gasteiger partial charge in [0.1, 0.15) is 0 Å². The maximum atomic E-state index is 13.5. The summed E-state index contributed by atoms with van der Waals surface area (Å²) in [6.07, 6.45) is 5.37. The first-order chi connectivity index (χ1) is 16.8. The van der Waals surface area contributed by atoms with E-state index in [1.807, 2.05) is 23.1 Å². The van der Waals surface area contributed by atoms with Crippen LogP contribution >= 0.6 is 0 Å². The van der Waals surface area contributed by atoms with E-state index < -0.39 is 11.3 Å². The van der Waals surface area contributed by atoms with Gasteiger partial charge in [-0.25, -0.2) is 0 Å². The molecule has 2 saturated heterocycles. The van der Waals surface area contributed by atoms with E-state index in [9.17, 15) is 9.59 Å². The lowest BCUT2D eigenvalue weighted by atomic mass is 9.62. The van der Waals surface area contributed by atoms with Gasteiger partial charge in [-0.05, 0) is 63.6 Å². The van der Waals surface area contributed by atoms with Crippen molar-refractivity contribution >= 4 is 11.9 Å². The van der Waals surface area contributed by atoms with Gasteiger partial charge in [0.2, 0.25) is 5.91 Å². The highest BCUT2D eigenvalue weighted by Gasteiger charge is 2.62. The van der Waals surface area contributed by atoms with E-state index in [1.54, 1.807) is 14.2 Å². The summed E-state index contributed by atoms with van der Waals surface area (Å²) in [5.74, 6) is -0.199. The molecular weight excluding hydrogens is 450 g/mol. The number of likely N-dealkylation sites (tertiary alicyclic amines) is 1. The highest BCUT2D eigenvalue weighted by Crippen LogP contribution is 2.55. The fourth-order valence-electron chi connectivity index (χ4n) is 6.64. The summed E-state index contributed by atoms with van der Waals surface area (Å²) in [5, 5.41) is 0. The van der Waals surface area contributed by atoms with Crippen molar-refractivity contribution in [2.24, 2.45) is 5.92 Å². The molecule has 1 unspecified atom stereocenters. The van der Waals surface area contributed by atoms with Crippen LogP contribution in [0.5, 0.6) is 11.5 Å². The van der Waals surface area contributed by atoms with Crippen LogP contribution < -0.4 is 9.47 Å². The van der Waals surface area contributed by atoms with Gasteiger partial charge in [0.15, 0.2) is 17.3 Å². The fourth-order valence-corrected chi connectivity index (χ4v) is 6.64. The molecule has 8 nitrogen and oxygen atoms in total. The zero-order valence-corrected chi connectivity index (χ0v) is 21.6. The second kappa shape index (κ2) is 10.3. The monoisotopic (exact) mass is 489 g/mol. The summed E-state index contributed by atoms with van der Waals surface area (Å²) in [7, 11) is 4.62. The molecule has 35 heavy (non-hydrogen) atoms. The molecule has 194 valence electrons. The van der Waals surface area contributed by atoms with E-state index in [0.29, 0.717) is 30.9 Å². The summed E-state index contributed by atoms with van der Waals surface area (Å²) >= 11 is 0. The smallest absolute Gasteiger partial charge is 0.306 e. The van der Waals surface area contributed by atoms with Crippen LogP contribution in [-0.4, -0.2) is 61.6 Å². The van der Waals surface area contributed by atoms with Crippen molar-refractivity contribution in [3.05, 3.63) is 23.8 Å². The molecule has 1 aromatic rings. The normalized spacial score (nSPS) is 33.1. The Balaban J connectivity index is 1.76. The second-order valence-corrected chi connectivity index (χ2v) is 10.2. The third-order valence-corrected chi connectivity index (χ3v) is 8.01. The third-order valence-electron chi connectivity index (χ3n) is 8.01. The molecule has 4 rings (SSSR count). The van der Waals surface area contributed by atoms with Crippen LogP contribution in [0.4, 0.5) is 0 Å². The number of carbonyl (C=O) groups excluding carboxylic acids is 2. The summed E-state index contributed by atoms with van der Waals surface area (Å²) in [6.45, 7) is 4.54. The van der Waals surface area contributed by atoms with Crippen molar-refractivity contribution in [3.8, 4) is 11.5 Å². The minimum absolute atomic E-state index is 0.00707. The van der Waals surface area contributed by atoms with Crippen LogP contribution in [0.3, 0.4) is 0 Å². The number of hydrogen-bond donors (Lipinski definition) is 0. The number of esters is 1. The maximum Gasteiger partial charge on any atom is 0.306 e. The lowest BCUT2D eigenvalue weighted by molar-refractivity contribution is -0.361. The van der Waals surface area contributed by atoms with E-state index in [2.05, 4.69) is 13.8 Å². The van der Waals surface area contributed by atoms with Gasteiger partial charge in [0, 0.05) is 25.3 Å². The minimum atomic E-state index is -0.920. The lowest BCUT2D eigenvalue weighted by Crippen LogP contribution is -2.69. The molecule has 0 radical (unpaired) electrons. The zero-order chi connectivity index (χ0) is 25.2. The molecule has 8 heteroatoms. The van der Waals surface area contributed by atoms with Crippen LogP contribution in [0.1, 0.15) is 70.8 Å². The number of piperidine rings is 1. The number of methoxy groups -OCH3 is 3. The molecule has 0 N–H and O–H groups in total. The SMILES string of the molecule is COC(=O)C[C@@H]1C2(CCC[C@]13CCCC(=O)N3Cc1ccc(OC)c(OC)c1)O[C@H](C)C[C@H](C)O2. The summed E-state index contributed by atoms with van der Waals surface area (Å²) in [4.78, 5) is 28.2. The largest absolute Gasteiger partial charge is 0.493 e. The number of nitrogens with zero attached hydrogens (tertiary/aromatic N) is 1. The van der Waals surface area contributed by atoms with Crippen molar-refractivity contribution in [2.75, 3.05) is 21.3 Å². The van der Waals surface area contributed by atoms with E-state index >= 15 is 0 Å². The first kappa shape index (κ1) is 25.8. The minimum Gasteiger partial charge on any atom is -0.493 e. The van der Waals surface area contributed by atoms with E-state index in [-0.39, 0.29) is 36.4 Å². The van der Waals surface area contributed by atoms with Gasteiger partial charge in [0.25, 0.3) is 0 Å². The molecule has 0 bridgehead atoms. The third kappa shape index (κ3) is 4.87. The topological polar surface area (TPSA) is 83.5 Å². The molecule has 5 atom stereocenters. The van der Waals surface area contributed by atoms with Crippen molar-refractivity contribution in [1.82, 2.24) is 4.90 Å². The number of hydrogen-bond acceptors (Lipinski definition) is 7. The molecule has 2 spiro atoms. The second-order valence-electron chi connectivity index (χ2n) is 10.2. The molecule has 3 aliphatic rings. The standard InChI is InChI=1S/C27H39NO7/c1-18-14-19(2)35-27(34-18)13-7-12-26(23(27)16-25(30)33-5)11-6-8-24(29)28(26)17-20-9-10-21(31-3)22(15-20)32-4/h9-10,15,18-19,23H,6-8,11-14,16-17H2,1-5H3/t18-,19+,23-,26+,27?/m0/s1. The summed E-state index contributed by atoms with van der Waals surface area (Å²) < 4.78 is 29.2. The number of rotatable bonds is 6. The van der Waals surface area contributed by atoms with Crippen LogP contribution in [0.25, 0.3) is 0 Å². The zero-order valence-electron chi connectivity index (χ0n) is 21.6. The van der Waals surface area contributed by atoms with Crippen LogP contribution in [0.2, 0.25) is 0 Å². The van der Waals surface area contributed by atoms with Crippen molar-refractivity contribution in [1.29, 1.82) is 0 Å². The molecule has 2 aliphatic heterocycles. The Hall–Kier alpha value is -2.32. The predicted octanol–water partition coefficient (Wildman–Crippen LogP) is 4.23. The van der Waals surface area contributed by atoms with Crippen molar-refractivity contribution in [3.63, 3.8) is 0 Å². The van der Waals surface area contributed by atoms with Gasteiger partial charge < -0.3 is 28.6 Å². The van der Waals surface area contributed by atoms with Gasteiger partial charge >= 0.3 is 5.97 Å². The Bertz CT molecular complexity index is 920. The average Bonchev–Trinajstić information content (AvgIpc) is 2.83. The van der Waals surface area contributed by atoms with E-state index in [0.717, 1.165) is 37.7 Å². The first-order valence-electron chi connectivity index (χ1n) is 12.7. The summed E-state index contributed by atoms with van der Waals surface area (Å²) in [6, 6.07) is 5.74. The van der Waals surface area contributed by atoms with Gasteiger partial charge in [-0.15, -0.1) is 0 Å². The van der Waals surface area contributed by atoms with Crippen molar-refractivity contribution < 1.29 is 33.3 Å². The van der Waals surface area contributed by atoms with Gasteiger partial charge in [-0.2, -0.15) is 0 Å². The van der Waals surface area contributed by atoms with Crippen LogP contribution in [0.15, 0.2) is 18.2 Å². The number of amides is 1. The Labute approximate surface area is 208 Å². The van der Waals surface area contributed by atoms with Crippen molar-refractivity contribution in [2.45, 2.75) is 95.3 Å². The highest BCUT2D eigenvalue weighted by molar-refractivity contribution is 5.78. The number of ether oxygens (including phenoxy) is 5. The van der Waals surface area contributed by atoms with Gasteiger partial charge in [0.05, 0.1) is 45.5 Å². The molecule has 0 aromatic heterocycles. The van der Waals surface area contributed by atoms with Gasteiger partial charge in [-0.1, -0.05) is 6.07 Å². The molecule has 1 amide bonds. The Morgan fingerprint density at radius 2 is 1.71 bits per heavy atom. The lowest BCUT2D eigenvalue weighted by Gasteiger charge is -2.61. The molecular formula is C27H39NO7. The van der Waals surface area contributed by atoms with Crippen LogP contribution in [0, 0.1) is 5.92 Å². The molecule has 1 saturated carbocycles. The maximum absolute atomic E-state index is 13.5. The molecule has 1 aromatic carbocycles. The molecule has 1 aliphatic carbocycles. The molecule has 3 fully saturated rings.